The second-order valence-electron chi connectivity index (χ2n) is 3.48. The molecule has 84 valence electrons. The van der Waals surface area contributed by atoms with Crippen LogP contribution < -0.4 is 5.56 Å². The van der Waals surface area contributed by atoms with E-state index in [1.807, 2.05) is 6.07 Å². The minimum atomic E-state index is -0.179. The van der Waals surface area contributed by atoms with Gasteiger partial charge in [-0.25, -0.2) is 9.67 Å². The van der Waals surface area contributed by atoms with E-state index in [4.69, 9.17) is 0 Å². The summed E-state index contributed by atoms with van der Waals surface area (Å²) in [5, 5.41) is 4.58. The summed E-state index contributed by atoms with van der Waals surface area (Å²) in [6.07, 6.45) is 3.35. The molecule has 17 heavy (non-hydrogen) atoms. The quantitative estimate of drug-likeness (QED) is 0.744. The van der Waals surface area contributed by atoms with Crippen LogP contribution in [-0.4, -0.2) is 19.7 Å². The molecular weight excluding hydrogens is 284 g/mol. The van der Waals surface area contributed by atoms with Gasteiger partial charge in [0.15, 0.2) is 0 Å². The van der Waals surface area contributed by atoms with Crippen molar-refractivity contribution in [1.82, 2.24) is 19.7 Å². The molecule has 0 aliphatic carbocycles. The average molecular weight is 291 g/mol. The van der Waals surface area contributed by atoms with E-state index in [1.54, 1.807) is 30.6 Å². The fourth-order valence-corrected chi connectivity index (χ4v) is 2.07. The van der Waals surface area contributed by atoms with Crippen molar-refractivity contribution in [1.29, 1.82) is 0 Å². The molecule has 3 aromatic rings. The standard InChI is InChI=1S/C11H7BrN4O/c12-8-4-1-3-7-9(8)14-11(15-10(7)17)16-6-2-5-13-16/h1-6H,(H,14,15,17). The Hall–Kier alpha value is -1.95. The van der Waals surface area contributed by atoms with Gasteiger partial charge in [0, 0.05) is 16.9 Å². The van der Waals surface area contributed by atoms with Crippen molar-refractivity contribution in [3.63, 3.8) is 0 Å². The van der Waals surface area contributed by atoms with Gasteiger partial charge in [-0.05, 0) is 34.1 Å². The molecule has 0 radical (unpaired) electrons. The van der Waals surface area contributed by atoms with Gasteiger partial charge in [0.1, 0.15) is 0 Å². The third-order valence-corrected chi connectivity index (χ3v) is 3.04. The van der Waals surface area contributed by atoms with Gasteiger partial charge >= 0.3 is 0 Å². The van der Waals surface area contributed by atoms with Crippen LogP contribution >= 0.6 is 15.9 Å². The highest BCUT2D eigenvalue weighted by Crippen LogP contribution is 2.19. The van der Waals surface area contributed by atoms with Crippen LogP contribution in [0.5, 0.6) is 0 Å². The van der Waals surface area contributed by atoms with Gasteiger partial charge in [0.25, 0.3) is 5.56 Å². The number of benzene rings is 1. The molecule has 1 N–H and O–H groups in total. The van der Waals surface area contributed by atoms with Crippen LogP contribution in [0.15, 0.2) is 45.9 Å². The van der Waals surface area contributed by atoms with Crippen molar-refractivity contribution >= 4 is 26.8 Å². The molecule has 0 spiro atoms. The van der Waals surface area contributed by atoms with E-state index < -0.39 is 0 Å². The van der Waals surface area contributed by atoms with Crippen molar-refractivity contribution in [2.45, 2.75) is 0 Å². The SMILES string of the molecule is O=c1[nH]c(-n2cccn2)nc2c(Br)cccc12. The number of fused-ring (bicyclic) bond motifs is 1. The summed E-state index contributed by atoms with van der Waals surface area (Å²) in [5.74, 6) is 0.402. The molecule has 0 fully saturated rings. The van der Waals surface area contributed by atoms with Gasteiger partial charge in [-0.15, -0.1) is 0 Å². The average Bonchev–Trinajstić information content (AvgIpc) is 2.84. The fraction of sp³-hybridized carbons (Fsp3) is 0. The number of hydrogen-bond donors (Lipinski definition) is 1. The predicted octanol–water partition coefficient (Wildman–Crippen LogP) is 1.87. The number of nitrogens with one attached hydrogen (secondary N) is 1. The van der Waals surface area contributed by atoms with Crippen LogP contribution in [-0.2, 0) is 0 Å². The number of halogens is 1. The number of nitrogens with zero attached hydrogens (tertiary/aromatic N) is 3. The Balaban J connectivity index is 2.38. The number of rotatable bonds is 1. The van der Waals surface area contributed by atoms with E-state index in [0.29, 0.717) is 16.9 Å². The maximum Gasteiger partial charge on any atom is 0.260 e. The molecule has 3 rings (SSSR count). The molecule has 0 amide bonds. The lowest BCUT2D eigenvalue weighted by Gasteiger charge is -2.03. The van der Waals surface area contributed by atoms with Crippen LogP contribution in [0.2, 0.25) is 0 Å². The Labute approximate surface area is 104 Å². The molecule has 0 bridgehead atoms. The molecule has 2 heterocycles. The van der Waals surface area contributed by atoms with Gasteiger partial charge in [-0.2, -0.15) is 5.10 Å². The lowest BCUT2D eigenvalue weighted by molar-refractivity contribution is 0.810. The maximum absolute atomic E-state index is 11.9. The number of aromatic amines is 1. The smallest absolute Gasteiger partial charge is 0.260 e. The fourth-order valence-electron chi connectivity index (χ4n) is 1.62. The van der Waals surface area contributed by atoms with Crippen molar-refractivity contribution < 1.29 is 0 Å². The molecule has 0 aliphatic rings. The largest absolute Gasteiger partial charge is 0.290 e. The molecule has 2 aromatic heterocycles. The van der Waals surface area contributed by atoms with E-state index in [2.05, 4.69) is 31.0 Å². The summed E-state index contributed by atoms with van der Waals surface area (Å²) in [5.41, 5.74) is 0.448. The monoisotopic (exact) mass is 290 g/mol. The minimum absolute atomic E-state index is 0.179. The molecule has 1 aromatic carbocycles. The van der Waals surface area contributed by atoms with E-state index in [-0.39, 0.29) is 5.56 Å². The zero-order valence-corrected chi connectivity index (χ0v) is 10.2. The maximum atomic E-state index is 11.9. The van der Waals surface area contributed by atoms with E-state index in [1.165, 1.54) is 4.68 Å². The number of aromatic nitrogens is 4. The number of para-hydroxylation sites is 1. The summed E-state index contributed by atoms with van der Waals surface area (Å²) in [4.78, 5) is 19.0. The molecule has 0 saturated carbocycles. The highest BCUT2D eigenvalue weighted by atomic mass is 79.9. The first-order valence-electron chi connectivity index (χ1n) is 4.94. The van der Waals surface area contributed by atoms with Gasteiger partial charge in [0.05, 0.1) is 10.9 Å². The molecule has 0 atom stereocenters. The zero-order valence-electron chi connectivity index (χ0n) is 8.59. The van der Waals surface area contributed by atoms with Crippen molar-refractivity contribution in [3.8, 4) is 5.95 Å². The predicted molar refractivity (Wildman–Crippen MR) is 67.2 cm³/mol. The van der Waals surface area contributed by atoms with E-state index in [9.17, 15) is 4.79 Å². The van der Waals surface area contributed by atoms with Gasteiger partial charge in [-0.3, -0.25) is 9.78 Å². The summed E-state index contributed by atoms with van der Waals surface area (Å²) >= 11 is 3.38. The highest BCUT2D eigenvalue weighted by molar-refractivity contribution is 9.10. The Morgan fingerprint density at radius 1 is 1.29 bits per heavy atom. The first-order valence-corrected chi connectivity index (χ1v) is 5.73. The van der Waals surface area contributed by atoms with Crippen LogP contribution in [0.25, 0.3) is 16.9 Å². The van der Waals surface area contributed by atoms with Crippen LogP contribution in [0, 0.1) is 0 Å². The second-order valence-corrected chi connectivity index (χ2v) is 4.33. The van der Waals surface area contributed by atoms with E-state index in [0.717, 1.165) is 4.47 Å². The first kappa shape index (κ1) is 10.2. The van der Waals surface area contributed by atoms with Crippen LogP contribution in [0.3, 0.4) is 0 Å². The summed E-state index contributed by atoms with van der Waals surface area (Å²) in [6.45, 7) is 0. The molecule has 5 nitrogen and oxygen atoms in total. The van der Waals surface area contributed by atoms with Crippen molar-refractivity contribution in [2.75, 3.05) is 0 Å². The van der Waals surface area contributed by atoms with Crippen molar-refractivity contribution in [3.05, 3.63) is 51.5 Å². The Kier molecular flexibility index (Phi) is 2.29. The van der Waals surface area contributed by atoms with Gasteiger partial charge < -0.3 is 0 Å². The lowest BCUT2D eigenvalue weighted by Crippen LogP contribution is -2.13. The minimum Gasteiger partial charge on any atom is -0.290 e. The third kappa shape index (κ3) is 1.66. The van der Waals surface area contributed by atoms with Crippen LogP contribution in [0.1, 0.15) is 0 Å². The number of hydrogen-bond acceptors (Lipinski definition) is 3. The Bertz CT molecular complexity index is 733. The molecule has 0 saturated heterocycles. The first-order chi connectivity index (χ1) is 8.25. The molecular formula is C11H7BrN4O. The molecule has 0 unspecified atom stereocenters. The Morgan fingerprint density at radius 3 is 2.94 bits per heavy atom. The van der Waals surface area contributed by atoms with Gasteiger partial charge in [0.2, 0.25) is 5.95 Å². The third-order valence-electron chi connectivity index (χ3n) is 2.40. The zero-order chi connectivity index (χ0) is 11.8. The Morgan fingerprint density at radius 2 is 2.18 bits per heavy atom. The number of H-pyrrole nitrogens is 1. The summed E-state index contributed by atoms with van der Waals surface area (Å²) in [7, 11) is 0. The summed E-state index contributed by atoms with van der Waals surface area (Å²) in [6, 6.07) is 7.15. The van der Waals surface area contributed by atoms with Crippen LogP contribution in [0.4, 0.5) is 0 Å². The highest BCUT2D eigenvalue weighted by Gasteiger charge is 2.07. The molecule has 0 aliphatic heterocycles. The van der Waals surface area contributed by atoms with Crippen molar-refractivity contribution in [2.24, 2.45) is 0 Å². The second kappa shape index (κ2) is 3.81. The lowest BCUT2D eigenvalue weighted by atomic mass is 10.2. The van der Waals surface area contributed by atoms with E-state index >= 15 is 0 Å². The normalized spacial score (nSPS) is 10.9. The topological polar surface area (TPSA) is 63.6 Å². The molecule has 6 heteroatoms. The van der Waals surface area contributed by atoms with Gasteiger partial charge in [-0.1, -0.05) is 6.07 Å². The summed E-state index contributed by atoms with van der Waals surface area (Å²) < 4.78 is 2.30.